The van der Waals surface area contributed by atoms with Gasteiger partial charge in [-0.25, -0.2) is 4.98 Å². The Morgan fingerprint density at radius 1 is 1.45 bits per heavy atom. The number of hydrogen-bond donors (Lipinski definition) is 0. The van der Waals surface area contributed by atoms with Crippen molar-refractivity contribution in [3.8, 4) is 0 Å². The molecule has 1 saturated carbocycles. The molecule has 1 heterocycles. The molecule has 1 aromatic rings. The molecule has 0 atom stereocenters. The molecule has 0 bridgehead atoms. The molecule has 0 radical (unpaired) electrons. The summed E-state index contributed by atoms with van der Waals surface area (Å²) < 4.78 is 2.06. The van der Waals surface area contributed by atoms with Gasteiger partial charge in [0.25, 0.3) is 0 Å². The summed E-state index contributed by atoms with van der Waals surface area (Å²) in [7, 11) is 4.08. The van der Waals surface area contributed by atoms with Gasteiger partial charge in [-0.15, -0.1) is 0 Å². The van der Waals surface area contributed by atoms with Crippen LogP contribution in [0, 0.1) is 5.92 Å². The summed E-state index contributed by atoms with van der Waals surface area (Å²) in [5.41, 5.74) is -0.281. The molecule has 20 heavy (non-hydrogen) atoms. The van der Waals surface area contributed by atoms with Crippen molar-refractivity contribution < 1.29 is 4.79 Å². The van der Waals surface area contributed by atoms with Crippen molar-refractivity contribution in [2.45, 2.75) is 58.0 Å². The Balaban J connectivity index is 2.16. The highest BCUT2D eigenvalue weighted by molar-refractivity contribution is 5.89. The molecule has 4 heteroatoms. The zero-order valence-corrected chi connectivity index (χ0v) is 13.2. The molecule has 112 valence electrons. The van der Waals surface area contributed by atoms with Gasteiger partial charge in [0.05, 0.1) is 12.0 Å². The maximum atomic E-state index is 12.9. The van der Waals surface area contributed by atoms with Gasteiger partial charge < -0.3 is 4.57 Å². The highest BCUT2D eigenvalue weighted by Crippen LogP contribution is 2.36. The maximum Gasteiger partial charge on any atom is 0.160 e. The van der Waals surface area contributed by atoms with Crippen LogP contribution in [0.25, 0.3) is 0 Å². The summed E-state index contributed by atoms with van der Waals surface area (Å²) in [6, 6.07) is 0. The molecule has 0 N–H and O–H groups in total. The van der Waals surface area contributed by atoms with Gasteiger partial charge in [-0.2, -0.15) is 0 Å². The van der Waals surface area contributed by atoms with E-state index in [0.717, 1.165) is 44.0 Å². The van der Waals surface area contributed by atoms with Crippen LogP contribution in [0.4, 0.5) is 0 Å². The third-order valence-corrected chi connectivity index (χ3v) is 4.94. The molecule has 0 saturated heterocycles. The molecule has 2 rings (SSSR count). The van der Waals surface area contributed by atoms with Crippen LogP contribution in [0.1, 0.15) is 45.4 Å². The minimum absolute atomic E-state index is 0.281. The van der Waals surface area contributed by atoms with Gasteiger partial charge in [0.2, 0.25) is 0 Å². The number of carbonyl (C=O) groups is 1. The van der Waals surface area contributed by atoms with Crippen LogP contribution >= 0.6 is 0 Å². The van der Waals surface area contributed by atoms with E-state index < -0.39 is 0 Å². The van der Waals surface area contributed by atoms with E-state index in [1.54, 1.807) is 6.20 Å². The number of Topliss-reactive ketones (excluding diaryl/α,β-unsaturated/α-hetero) is 1. The van der Waals surface area contributed by atoms with Crippen LogP contribution in [0.2, 0.25) is 0 Å². The van der Waals surface area contributed by atoms with Gasteiger partial charge in [-0.3, -0.25) is 9.69 Å². The zero-order valence-electron chi connectivity index (χ0n) is 13.2. The lowest BCUT2D eigenvalue weighted by molar-refractivity contribution is -0.131. The van der Waals surface area contributed by atoms with Gasteiger partial charge in [-0.1, -0.05) is 6.92 Å². The Morgan fingerprint density at radius 3 is 2.65 bits per heavy atom. The first-order chi connectivity index (χ1) is 9.49. The normalized spacial score (nSPS) is 26.9. The molecule has 1 aromatic heterocycles. The minimum Gasteiger partial charge on any atom is -0.335 e. The van der Waals surface area contributed by atoms with Crippen molar-refractivity contribution in [3.05, 3.63) is 18.2 Å². The van der Waals surface area contributed by atoms with E-state index in [-0.39, 0.29) is 5.54 Å². The van der Waals surface area contributed by atoms with Gasteiger partial charge in [0, 0.05) is 18.9 Å². The van der Waals surface area contributed by atoms with Gasteiger partial charge in [0.15, 0.2) is 5.78 Å². The highest BCUT2D eigenvalue weighted by Gasteiger charge is 2.42. The first kappa shape index (κ1) is 15.2. The van der Waals surface area contributed by atoms with Gasteiger partial charge in [0.1, 0.15) is 5.82 Å². The average Bonchev–Trinajstić information content (AvgIpc) is 2.86. The van der Waals surface area contributed by atoms with Crippen LogP contribution < -0.4 is 0 Å². The zero-order chi connectivity index (χ0) is 14.8. The standard InChI is InChI=1S/C16H27N3O/c1-5-19-11-10-17-15(19)12-14(20)16(18(3)4)8-6-13(2)7-9-16/h10-11,13H,5-9,12H2,1-4H3. The molecule has 1 aliphatic rings. The lowest BCUT2D eigenvalue weighted by Crippen LogP contribution is -2.54. The molecular weight excluding hydrogens is 250 g/mol. The van der Waals surface area contributed by atoms with Gasteiger partial charge >= 0.3 is 0 Å². The number of hydrogen-bond acceptors (Lipinski definition) is 3. The third-order valence-electron chi connectivity index (χ3n) is 4.94. The third kappa shape index (κ3) is 2.80. The number of nitrogens with zero attached hydrogens (tertiary/aromatic N) is 3. The van der Waals surface area contributed by atoms with Gasteiger partial charge in [-0.05, 0) is 52.6 Å². The Morgan fingerprint density at radius 2 is 2.10 bits per heavy atom. The average molecular weight is 277 g/mol. The van der Waals surface area contributed by atoms with Crippen molar-refractivity contribution in [2.75, 3.05) is 14.1 Å². The van der Waals surface area contributed by atoms with Crippen molar-refractivity contribution >= 4 is 5.78 Å². The first-order valence-electron chi connectivity index (χ1n) is 7.70. The second-order valence-electron chi connectivity index (χ2n) is 6.34. The number of aryl methyl sites for hydroxylation is 1. The van der Waals surface area contributed by atoms with Crippen molar-refractivity contribution in [2.24, 2.45) is 5.92 Å². The molecular formula is C16H27N3O. The lowest BCUT2D eigenvalue weighted by Gasteiger charge is -2.43. The summed E-state index contributed by atoms with van der Waals surface area (Å²) in [5, 5.41) is 0. The molecule has 0 unspecified atom stereocenters. The van der Waals surface area contributed by atoms with E-state index in [1.807, 2.05) is 20.3 Å². The molecule has 0 aromatic carbocycles. The Kier molecular flexibility index (Phi) is 4.63. The van der Waals surface area contributed by atoms with E-state index in [9.17, 15) is 4.79 Å². The first-order valence-corrected chi connectivity index (χ1v) is 7.70. The maximum absolute atomic E-state index is 12.9. The summed E-state index contributed by atoms with van der Waals surface area (Å²) in [6.45, 7) is 5.24. The minimum atomic E-state index is -0.281. The molecule has 0 spiro atoms. The number of imidazole rings is 1. The molecule has 1 aliphatic carbocycles. The number of rotatable bonds is 5. The fraction of sp³-hybridized carbons (Fsp3) is 0.750. The number of likely N-dealkylation sites (N-methyl/N-ethyl adjacent to an activating group) is 1. The summed E-state index contributed by atoms with van der Waals surface area (Å²) in [4.78, 5) is 19.4. The van der Waals surface area contributed by atoms with Crippen LogP contribution in [0.15, 0.2) is 12.4 Å². The quantitative estimate of drug-likeness (QED) is 0.830. The Bertz CT molecular complexity index is 456. The molecule has 1 fully saturated rings. The van der Waals surface area contributed by atoms with Crippen molar-refractivity contribution in [1.29, 1.82) is 0 Å². The van der Waals surface area contributed by atoms with Crippen molar-refractivity contribution in [1.82, 2.24) is 14.5 Å². The summed E-state index contributed by atoms with van der Waals surface area (Å²) in [5.74, 6) is 1.97. The molecule has 0 aliphatic heterocycles. The molecule has 4 nitrogen and oxygen atoms in total. The van der Waals surface area contributed by atoms with Crippen molar-refractivity contribution in [3.63, 3.8) is 0 Å². The fourth-order valence-electron chi connectivity index (χ4n) is 3.32. The summed E-state index contributed by atoms with van der Waals surface area (Å²) >= 11 is 0. The molecule has 0 amide bonds. The lowest BCUT2D eigenvalue weighted by atomic mass is 9.73. The second-order valence-corrected chi connectivity index (χ2v) is 6.34. The fourth-order valence-corrected chi connectivity index (χ4v) is 3.32. The predicted octanol–water partition coefficient (Wildman–Crippen LogP) is 2.53. The Labute approximate surface area is 122 Å². The van der Waals surface area contributed by atoms with Crippen LogP contribution in [-0.2, 0) is 17.8 Å². The number of ketones is 1. The Hall–Kier alpha value is -1.16. The van der Waals surface area contributed by atoms with E-state index in [2.05, 4.69) is 28.3 Å². The largest absolute Gasteiger partial charge is 0.335 e. The van der Waals surface area contributed by atoms with E-state index >= 15 is 0 Å². The second kappa shape index (κ2) is 6.08. The van der Waals surface area contributed by atoms with Crippen LogP contribution in [0.3, 0.4) is 0 Å². The van der Waals surface area contributed by atoms with E-state index in [4.69, 9.17) is 0 Å². The highest BCUT2D eigenvalue weighted by atomic mass is 16.1. The van der Waals surface area contributed by atoms with Crippen LogP contribution in [-0.4, -0.2) is 39.9 Å². The predicted molar refractivity (Wildman–Crippen MR) is 80.7 cm³/mol. The monoisotopic (exact) mass is 277 g/mol. The number of carbonyl (C=O) groups excluding carboxylic acids is 1. The van der Waals surface area contributed by atoms with E-state index in [0.29, 0.717) is 12.2 Å². The van der Waals surface area contributed by atoms with Crippen LogP contribution in [0.5, 0.6) is 0 Å². The smallest absolute Gasteiger partial charge is 0.160 e. The SMILES string of the molecule is CCn1ccnc1CC(=O)C1(N(C)C)CCC(C)CC1. The van der Waals surface area contributed by atoms with E-state index in [1.165, 1.54) is 0 Å². The number of aromatic nitrogens is 2. The summed E-state index contributed by atoms with van der Waals surface area (Å²) in [6.07, 6.45) is 8.44. The topological polar surface area (TPSA) is 38.1 Å².